The monoisotopic (exact) mass is 481 g/mol. The van der Waals surface area contributed by atoms with Crippen molar-refractivity contribution in [2.45, 2.75) is 13.0 Å². The van der Waals surface area contributed by atoms with Crippen molar-refractivity contribution >= 4 is 23.5 Å². The fourth-order valence-corrected chi connectivity index (χ4v) is 4.44. The van der Waals surface area contributed by atoms with Crippen molar-refractivity contribution in [2.24, 2.45) is 0 Å². The van der Waals surface area contributed by atoms with Gasteiger partial charge in [0.15, 0.2) is 0 Å². The fourth-order valence-electron chi connectivity index (χ4n) is 4.44. The molecule has 0 saturated carbocycles. The number of fused-ring (bicyclic) bond motifs is 1. The van der Waals surface area contributed by atoms with Gasteiger partial charge in [0.2, 0.25) is 0 Å². The molecule has 1 atom stereocenters. The van der Waals surface area contributed by atoms with Crippen molar-refractivity contribution in [3.05, 3.63) is 107 Å². The van der Waals surface area contributed by atoms with Crippen molar-refractivity contribution in [1.29, 1.82) is 0 Å². The average molecular weight is 482 g/mol. The first-order valence-electron chi connectivity index (χ1n) is 11.5. The Morgan fingerprint density at radius 2 is 1.56 bits per heavy atom. The van der Waals surface area contributed by atoms with Crippen LogP contribution in [0.5, 0.6) is 0 Å². The number of H-pyrrole nitrogens is 1. The van der Waals surface area contributed by atoms with Crippen LogP contribution in [0.3, 0.4) is 0 Å². The Bertz CT molecular complexity index is 1430. The lowest BCUT2D eigenvalue weighted by Crippen LogP contribution is -2.29. The Kier molecular flexibility index (Phi) is 6.08. The van der Waals surface area contributed by atoms with Gasteiger partial charge in [0, 0.05) is 16.8 Å². The number of aromatic amines is 1. The van der Waals surface area contributed by atoms with Gasteiger partial charge >= 0.3 is 11.9 Å². The average Bonchev–Trinajstić information content (AvgIpc) is 3.48. The van der Waals surface area contributed by atoms with Crippen LogP contribution in [0.25, 0.3) is 11.3 Å². The Morgan fingerprint density at radius 1 is 0.917 bits per heavy atom. The third-order valence-corrected chi connectivity index (χ3v) is 6.12. The zero-order chi connectivity index (χ0) is 25.2. The van der Waals surface area contributed by atoms with Crippen LogP contribution in [0.1, 0.15) is 55.3 Å². The zero-order valence-corrected chi connectivity index (χ0v) is 19.7. The third kappa shape index (κ3) is 3.92. The van der Waals surface area contributed by atoms with Gasteiger partial charge in [0.1, 0.15) is 5.69 Å². The molecular formula is C28H23N3O5. The Morgan fingerprint density at radius 3 is 2.19 bits per heavy atom. The van der Waals surface area contributed by atoms with Gasteiger partial charge in [-0.2, -0.15) is 5.10 Å². The summed E-state index contributed by atoms with van der Waals surface area (Å²) in [6.07, 6.45) is 0. The van der Waals surface area contributed by atoms with Gasteiger partial charge in [0.05, 0.1) is 36.6 Å². The molecule has 8 heteroatoms. The number of esters is 2. The van der Waals surface area contributed by atoms with Crippen molar-refractivity contribution in [3.63, 3.8) is 0 Å². The molecule has 1 aliphatic heterocycles. The molecule has 5 rings (SSSR count). The number of aromatic nitrogens is 2. The summed E-state index contributed by atoms with van der Waals surface area (Å²) in [5.74, 6) is -1.11. The minimum absolute atomic E-state index is 0.245. The highest BCUT2D eigenvalue weighted by atomic mass is 16.5. The molecule has 2 heterocycles. The molecule has 3 aromatic carbocycles. The number of carbonyl (C=O) groups excluding carboxylic acids is 3. The van der Waals surface area contributed by atoms with Crippen LogP contribution in [-0.4, -0.2) is 41.8 Å². The molecular weight excluding hydrogens is 458 g/mol. The molecule has 4 aromatic rings. The lowest BCUT2D eigenvalue weighted by atomic mass is 9.95. The van der Waals surface area contributed by atoms with Gasteiger partial charge in [-0.3, -0.25) is 14.8 Å². The molecule has 1 aliphatic rings. The SMILES string of the molecule is CCOC(=O)c1ccc(N2C(=O)c3[nH]nc(-c4ccccc4)c3C2c2ccc(C(=O)OC)cc2)cc1. The summed E-state index contributed by atoms with van der Waals surface area (Å²) in [5, 5.41) is 7.40. The summed E-state index contributed by atoms with van der Waals surface area (Å²) in [6.45, 7) is 2.02. The second-order valence-corrected chi connectivity index (χ2v) is 8.19. The van der Waals surface area contributed by atoms with E-state index in [9.17, 15) is 14.4 Å². The van der Waals surface area contributed by atoms with Crippen molar-refractivity contribution in [2.75, 3.05) is 18.6 Å². The number of nitrogens with zero attached hydrogens (tertiary/aromatic N) is 2. The third-order valence-electron chi connectivity index (χ3n) is 6.12. The van der Waals surface area contributed by atoms with Crippen LogP contribution >= 0.6 is 0 Å². The van der Waals surface area contributed by atoms with Crippen LogP contribution in [-0.2, 0) is 9.47 Å². The second-order valence-electron chi connectivity index (χ2n) is 8.19. The molecule has 1 amide bonds. The first-order valence-corrected chi connectivity index (χ1v) is 11.5. The normalized spacial score (nSPS) is 14.4. The number of ether oxygens (including phenoxy) is 2. The summed E-state index contributed by atoms with van der Waals surface area (Å²) in [5.41, 5.74) is 4.89. The first kappa shape index (κ1) is 23.0. The summed E-state index contributed by atoms with van der Waals surface area (Å²) in [4.78, 5) is 39.4. The first-order chi connectivity index (χ1) is 17.5. The standard InChI is InChI=1S/C28H23N3O5/c1-3-36-28(34)20-13-15-21(16-14-20)31-25(18-9-11-19(12-10-18)27(33)35-2)22-23(17-7-5-4-6-8-17)29-30-24(22)26(31)32/h4-16,25H,3H2,1-2H3,(H,29,30). The van der Waals surface area contributed by atoms with E-state index >= 15 is 0 Å². The van der Waals surface area contributed by atoms with Crippen LogP contribution in [0, 0.1) is 0 Å². The van der Waals surface area contributed by atoms with Gasteiger partial charge in [-0.1, -0.05) is 42.5 Å². The lowest BCUT2D eigenvalue weighted by Gasteiger charge is -2.26. The summed E-state index contributed by atoms with van der Waals surface area (Å²) in [7, 11) is 1.33. The minimum atomic E-state index is -0.512. The van der Waals surface area contributed by atoms with Gasteiger partial charge < -0.3 is 9.47 Å². The number of rotatable bonds is 6. The van der Waals surface area contributed by atoms with Gasteiger partial charge in [-0.15, -0.1) is 0 Å². The maximum atomic E-state index is 13.7. The Labute approximate surface area is 207 Å². The highest BCUT2D eigenvalue weighted by Gasteiger charge is 2.43. The number of methoxy groups -OCH3 is 1. The molecule has 8 nitrogen and oxygen atoms in total. The number of amides is 1. The van der Waals surface area contributed by atoms with Crippen molar-refractivity contribution in [1.82, 2.24) is 10.2 Å². The number of carbonyl (C=O) groups is 3. The highest BCUT2D eigenvalue weighted by molar-refractivity contribution is 6.12. The van der Waals surface area contributed by atoms with E-state index in [4.69, 9.17) is 9.47 Å². The minimum Gasteiger partial charge on any atom is -0.465 e. The van der Waals surface area contributed by atoms with E-state index in [1.165, 1.54) is 7.11 Å². The summed E-state index contributed by atoms with van der Waals surface area (Å²) < 4.78 is 9.90. The molecule has 0 bridgehead atoms. The quantitative estimate of drug-likeness (QED) is 0.398. The largest absolute Gasteiger partial charge is 0.465 e. The highest BCUT2D eigenvalue weighted by Crippen LogP contribution is 2.45. The molecule has 0 saturated heterocycles. The number of anilines is 1. The predicted molar refractivity (Wildman–Crippen MR) is 133 cm³/mol. The number of hydrogen-bond donors (Lipinski definition) is 1. The summed E-state index contributed by atoms with van der Waals surface area (Å²) in [6, 6.07) is 22.8. The number of benzene rings is 3. The van der Waals surface area contributed by atoms with E-state index in [-0.39, 0.29) is 12.5 Å². The molecule has 1 unspecified atom stereocenters. The van der Waals surface area contributed by atoms with E-state index in [1.807, 2.05) is 30.3 Å². The smallest absolute Gasteiger partial charge is 0.338 e. The molecule has 0 aliphatic carbocycles. The topological polar surface area (TPSA) is 102 Å². The van der Waals surface area contributed by atoms with E-state index in [2.05, 4.69) is 10.2 Å². The van der Waals surface area contributed by atoms with Crippen LogP contribution in [0.15, 0.2) is 78.9 Å². The van der Waals surface area contributed by atoms with Crippen LogP contribution < -0.4 is 4.90 Å². The van der Waals surface area contributed by atoms with Gasteiger partial charge in [0.25, 0.3) is 5.91 Å². The molecule has 180 valence electrons. The lowest BCUT2D eigenvalue weighted by molar-refractivity contribution is 0.0525. The van der Waals surface area contributed by atoms with Crippen molar-refractivity contribution in [3.8, 4) is 11.3 Å². The van der Waals surface area contributed by atoms with Crippen LogP contribution in [0.2, 0.25) is 0 Å². The maximum Gasteiger partial charge on any atom is 0.338 e. The van der Waals surface area contributed by atoms with E-state index < -0.39 is 18.0 Å². The molecule has 0 radical (unpaired) electrons. The molecule has 1 aromatic heterocycles. The van der Waals surface area contributed by atoms with E-state index in [0.29, 0.717) is 28.2 Å². The Hall–Kier alpha value is -4.72. The maximum absolute atomic E-state index is 13.7. The van der Waals surface area contributed by atoms with E-state index in [1.54, 1.807) is 60.4 Å². The zero-order valence-electron chi connectivity index (χ0n) is 19.7. The number of nitrogens with one attached hydrogen (secondary N) is 1. The number of hydrogen-bond acceptors (Lipinski definition) is 6. The molecule has 36 heavy (non-hydrogen) atoms. The predicted octanol–water partition coefficient (Wildman–Crippen LogP) is 4.79. The van der Waals surface area contributed by atoms with E-state index in [0.717, 1.165) is 16.7 Å². The second kappa shape index (κ2) is 9.50. The van der Waals surface area contributed by atoms with Crippen LogP contribution in [0.4, 0.5) is 5.69 Å². The molecule has 0 spiro atoms. The van der Waals surface area contributed by atoms with Crippen molar-refractivity contribution < 1.29 is 23.9 Å². The molecule has 0 fully saturated rings. The van der Waals surface area contributed by atoms with Gasteiger partial charge in [-0.05, 0) is 48.9 Å². The molecule has 1 N–H and O–H groups in total. The van der Waals surface area contributed by atoms with Gasteiger partial charge in [-0.25, -0.2) is 9.59 Å². The fraction of sp³-hybridized carbons (Fsp3) is 0.143. The Balaban J connectivity index is 1.62. The summed E-state index contributed by atoms with van der Waals surface area (Å²) >= 11 is 0.